The Morgan fingerprint density at radius 2 is 1.79 bits per heavy atom. The van der Waals surface area contributed by atoms with Crippen molar-refractivity contribution in [3.05, 3.63) is 95.4 Å². The summed E-state index contributed by atoms with van der Waals surface area (Å²) in [6.45, 7) is 4.37. The number of carbonyl (C=O) groups is 1. The number of ether oxygens (including phenoxy) is 1. The lowest BCUT2D eigenvalue weighted by Gasteiger charge is -2.14. The molecule has 29 heavy (non-hydrogen) atoms. The van der Waals surface area contributed by atoms with Gasteiger partial charge in [0.1, 0.15) is 11.5 Å². The number of aromatic nitrogens is 2. The van der Waals surface area contributed by atoms with Crippen LogP contribution in [0.3, 0.4) is 0 Å². The van der Waals surface area contributed by atoms with Crippen molar-refractivity contribution in [2.24, 2.45) is 0 Å². The van der Waals surface area contributed by atoms with E-state index in [9.17, 15) is 4.79 Å². The molecular formula is C24H21N3O2. The summed E-state index contributed by atoms with van der Waals surface area (Å²) in [5.41, 5.74) is 4.40. The maximum atomic E-state index is 12.7. The van der Waals surface area contributed by atoms with Crippen LogP contribution in [0.15, 0.2) is 73.2 Å². The van der Waals surface area contributed by atoms with E-state index in [0.29, 0.717) is 23.6 Å². The minimum Gasteiger partial charge on any atom is -0.456 e. The summed E-state index contributed by atoms with van der Waals surface area (Å²) in [7, 11) is 0. The zero-order chi connectivity index (χ0) is 20.2. The Labute approximate surface area is 169 Å². The maximum absolute atomic E-state index is 12.7. The molecule has 144 valence electrons. The Balaban J connectivity index is 1.58. The molecule has 0 aliphatic rings. The van der Waals surface area contributed by atoms with Gasteiger partial charge in [0.2, 0.25) is 0 Å². The highest BCUT2D eigenvalue weighted by Crippen LogP contribution is 2.32. The first-order chi connectivity index (χ1) is 14.1. The van der Waals surface area contributed by atoms with Gasteiger partial charge < -0.3 is 10.1 Å². The van der Waals surface area contributed by atoms with Gasteiger partial charge in [0.15, 0.2) is 0 Å². The molecule has 4 rings (SSSR count). The SMILES string of the molecule is Cc1ccc2c(Oc3cccc(C(=O)NCc4ccncc4)c3C)ccnc2c1. The minimum absolute atomic E-state index is 0.139. The molecule has 0 aliphatic carbocycles. The van der Waals surface area contributed by atoms with E-state index in [-0.39, 0.29) is 5.91 Å². The highest BCUT2D eigenvalue weighted by atomic mass is 16.5. The second-order valence-electron chi connectivity index (χ2n) is 6.90. The molecule has 5 heteroatoms. The van der Waals surface area contributed by atoms with Gasteiger partial charge in [-0.2, -0.15) is 0 Å². The lowest BCUT2D eigenvalue weighted by molar-refractivity contribution is 0.0950. The van der Waals surface area contributed by atoms with Gasteiger partial charge in [-0.15, -0.1) is 0 Å². The molecule has 0 spiro atoms. The number of hydrogen-bond acceptors (Lipinski definition) is 4. The highest BCUT2D eigenvalue weighted by molar-refractivity contribution is 5.96. The van der Waals surface area contributed by atoms with Crippen molar-refractivity contribution in [2.45, 2.75) is 20.4 Å². The Morgan fingerprint density at radius 3 is 2.62 bits per heavy atom. The second-order valence-corrected chi connectivity index (χ2v) is 6.90. The van der Waals surface area contributed by atoms with Gasteiger partial charge in [0.05, 0.1) is 5.52 Å². The molecule has 4 aromatic rings. The molecule has 0 radical (unpaired) electrons. The summed E-state index contributed by atoms with van der Waals surface area (Å²) in [5.74, 6) is 1.22. The fourth-order valence-corrected chi connectivity index (χ4v) is 3.19. The lowest BCUT2D eigenvalue weighted by Crippen LogP contribution is -2.23. The van der Waals surface area contributed by atoms with Crippen LogP contribution in [0.25, 0.3) is 10.9 Å². The number of carbonyl (C=O) groups excluding carboxylic acids is 1. The number of pyridine rings is 2. The van der Waals surface area contributed by atoms with E-state index in [1.54, 1.807) is 24.7 Å². The average molecular weight is 383 g/mol. The van der Waals surface area contributed by atoms with Crippen molar-refractivity contribution < 1.29 is 9.53 Å². The van der Waals surface area contributed by atoms with Crippen LogP contribution >= 0.6 is 0 Å². The lowest BCUT2D eigenvalue weighted by atomic mass is 10.1. The van der Waals surface area contributed by atoms with Gasteiger partial charge in [0.25, 0.3) is 5.91 Å². The summed E-state index contributed by atoms with van der Waals surface area (Å²) in [6.07, 6.45) is 5.15. The molecule has 0 saturated heterocycles. The number of nitrogens with one attached hydrogen (secondary N) is 1. The molecule has 1 amide bonds. The third kappa shape index (κ3) is 4.09. The van der Waals surface area contributed by atoms with Crippen LogP contribution in [-0.2, 0) is 6.54 Å². The molecule has 2 heterocycles. The zero-order valence-electron chi connectivity index (χ0n) is 16.3. The van der Waals surface area contributed by atoms with Gasteiger partial charge in [-0.05, 0) is 67.4 Å². The van der Waals surface area contributed by atoms with E-state index >= 15 is 0 Å². The van der Waals surface area contributed by atoms with Crippen molar-refractivity contribution in [3.8, 4) is 11.5 Å². The van der Waals surface area contributed by atoms with Crippen molar-refractivity contribution in [3.63, 3.8) is 0 Å². The predicted octanol–water partition coefficient (Wildman–Crippen LogP) is 4.97. The van der Waals surface area contributed by atoms with Crippen LogP contribution in [-0.4, -0.2) is 15.9 Å². The van der Waals surface area contributed by atoms with Crippen LogP contribution in [0.4, 0.5) is 0 Å². The third-order valence-corrected chi connectivity index (χ3v) is 4.81. The molecule has 0 unspecified atom stereocenters. The van der Waals surface area contributed by atoms with E-state index in [1.165, 1.54) is 0 Å². The number of rotatable bonds is 5. The van der Waals surface area contributed by atoms with Crippen molar-refractivity contribution >= 4 is 16.8 Å². The molecule has 5 nitrogen and oxygen atoms in total. The molecule has 2 aromatic heterocycles. The van der Waals surface area contributed by atoms with Crippen LogP contribution in [0.2, 0.25) is 0 Å². The molecule has 0 saturated carbocycles. The smallest absolute Gasteiger partial charge is 0.251 e. The highest BCUT2D eigenvalue weighted by Gasteiger charge is 2.14. The number of amides is 1. The summed E-state index contributed by atoms with van der Waals surface area (Å²) in [5, 5.41) is 3.89. The summed E-state index contributed by atoms with van der Waals surface area (Å²) in [6, 6.07) is 17.2. The standard InChI is InChI=1S/C24H21N3O2/c1-16-6-7-20-21(14-16)26-13-10-23(20)29-22-5-3-4-19(17(22)2)24(28)27-15-18-8-11-25-12-9-18/h3-14H,15H2,1-2H3,(H,27,28). The van der Waals surface area contributed by atoms with Gasteiger partial charge >= 0.3 is 0 Å². The Bertz CT molecular complexity index is 1170. The van der Waals surface area contributed by atoms with E-state index in [4.69, 9.17) is 4.74 Å². The molecule has 2 aromatic carbocycles. The van der Waals surface area contributed by atoms with Crippen LogP contribution in [0.1, 0.15) is 27.0 Å². The fraction of sp³-hybridized carbons (Fsp3) is 0.125. The van der Waals surface area contributed by atoms with Crippen LogP contribution < -0.4 is 10.1 Å². The van der Waals surface area contributed by atoms with Gasteiger partial charge in [0, 0.05) is 41.6 Å². The first kappa shape index (κ1) is 18.6. The van der Waals surface area contributed by atoms with Crippen molar-refractivity contribution in [2.75, 3.05) is 0 Å². The number of aryl methyl sites for hydroxylation is 1. The minimum atomic E-state index is -0.139. The van der Waals surface area contributed by atoms with Crippen LogP contribution in [0.5, 0.6) is 11.5 Å². The third-order valence-electron chi connectivity index (χ3n) is 4.81. The number of benzene rings is 2. The molecule has 0 fully saturated rings. The van der Waals surface area contributed by atoms with E-state index in [0.717, 1.165) is 27.6 Å². The largest absolute Gasteiger partial charge is 0.456 e. The van der Waals surface area contributed by atoms with E-state index in [1.807, 2.05) is 62.4 Å². The van der Waals surface area contributed by atoms with Crippen LogP contribution in [0, 0.1) is 13.8 Å². The molecule has 0 bridgehead atoms. The topological polar surface area (TPSA) is 64.1 Å². The van der Waals surface area contributed by atoms with Gasteiger partial charge in [-0.1, -0.05) is 12.1 Å². The summed E-state index contributed by atoms with van der Waals surface area (Å²) in [4.78, 5) is 21.1. The van der Waals surface area contributed by atoms with Crippen molar-refractivity contribution in [1.29, 1.82) is 0 Å². The quantitative estimate of drug-likeness (QED) is 0.528. The monoisotopic (exact) mass is 383 g/mol. The molecule has 0 aliphatic heterocycles. The summed E-state index contributed by atoms with van der Waals surface area (Å²) < 4.78 is 6.19. The van der Waals surface area contributed by atoms with Gasteiger partial charge in [-0.3, -0.25) is 14.8 Å². The summed E-state index contributed by atoms with van der Waals surface area (Å²) >= 11 is 0. The molecule has 1 N–H and O–H groups in total. The van der Waals surface area contributed by atoms with E-state index < -0.39 is 0 Å². The maximum Gasteiger partial charge on any atom is 0.251 e. The Kier molecular flexibility index (Phi) is 5.20. The first-order valence-electron chi connectivity index (χ1n) is 9.42. The Hall–Kier alpha value is -3.73. The number of fused-ring (bicyclic) bond motifs is 1. The first-order valence-corrected chi connectivity index (χ1v) is 9.42. The van der Waals surface area contributed by atoms with Crippen molar-refractivity contribution in [1.82, 2.24) is 15.3 Å². The fourth-order valence-electron chi connectivity index (χ4n) is 3.19. The van der Waals surface area contributed by atoms with E-state index in [2.05, 4.69) is 15.3 Å². The molecule has 0 atom stereocenters. The predicted molar refractivity (Wildman–Crippen MR) is 113 cm³/mol. The second kappa shape index (κ2) is 8.10. The normalized spacial score (nSPS) is 10.7. The zero-order valence-corrected chi connectivity index (χ0v) is 16.3. The average Bonchev–Trinajstić information content (AvgIpc) is 2.74. The molecular weight excluding hydrogens is 362 g/mol. The number of nitrogens with zero attached hydrogens (tertiary/aromatic N) is 2. The number of hydrogen-bond donors (Lipinski definition) is 1. The Morgan fingerprint density at radius 1 is 0.966 bits per heavy atom. The van der Waals surface area contributed by atoms with Gasteiger partial charge in [-0.25, -0.2) is 0 Å².